The van der Waals surface area contributed by atoms with E-state index in [1.165, 1.54) is 18.3 Å². The topological polar surface area (TPSA) is 98.2 Å². The van der Waals surface area contributed by atoms with Crippen LogP contribution in [0.3, 0.4) is 0 Å². The summed E-state index contributed by atoms with van der Waals surface area (Å²) in [6.07, 6.45) is 3.43. The molecule has 2 aromatic rings. The Hall–Kier alpha value is -1.77. The highest BCUT2D eigenvalue weighted by Gasteiger charge is 2.23. The summed E-state index contributed by atoms with van der Waals surface area (Å²) in [5.74, 6) is 0.700. The van der Waals surface area contributed by atoms with Gasteiger partial charge < -0.3 is 10.2 Å². The van der Waals surface area contributed by atoms with Gasteiger partial charge in [-0.2, -0.15) is 0 Å². The molecule has 112 valence electrons. The molecule has 0 radical (unpaired) electrons. The minimum atomic E-state index is -3.76. The van der Waals surface area contributed by atoms with Crippen molar-refractivity contribution in [2.75, 3.05) is 0 Å². The van der Waals surface area contributed by atoms with Gasteiger partial charge in [0.2, 0.25) is 10.0 Å². The lowest BCUT2D eigenvalue weighted by molar-refractivity contribution is 0.479. The molecule has 0 saturated heterocycles. The first-order chi connectivity index (χ1) is 9.90. The fraction of sp³-hybridized carbons (Fsp3) is 0.231. The van der Waals surface area contributed by atoms with E-state index in [-0.39, 0.29) is 21.6 Å². The smallest absolute Gasteiger partial charge is 0.243 e. The average Bonchev–Trinajstić information content (AvgIpc) is 2.90. The fourth-order valence-electron chi connectivity index (χ4n) is 1.89. The molecule has 2 heterocycles. The first-order valence-corrected chi connectivity index (χ1v) is 8.09. The van der Waals surface area contributed by atoms with Crippen molar-refractivity contribution in [3.05, 3.63) is 48.2 Å². The van der Waals surface area contributed by atoms with E-state index < -0.39 is 10.0 Å². The molecular formula is C13H15N3O3S2. The number of rotatable bonds is 6. The number of furan rings is 1. The maximum Gasteiger partial charge on any atom is 0.243 e. The molecule has 0 aliphatic rings. The Morgan fingerprint density at radius 2 is 2.24 bits per heavy atom. The summed E-state index contributed by atoms with van der Waals surface area (Å²) in [4.78, 5) is 3.84. The first kappa shape index (κ1) is 15.6. The molecule has 0 spiro atoms. The van der Waals surface area contributed by atoms with Crippen LogP contribution in [0.15, 0.2) is 46.0 Å². The van der Waals surface area contributed by atoms with Crippen molar-refractivity contribution >= 4 is 27.2 Å². The molecule has 0 bridgehead atoms. The van der Waals surface area contributed by atoms with Gasteiger partial charge in [0, 0.05) is 18.7 Å². The Morgan fingerprint density at radius 3 is 2.86 bits per heavy atom. The third-order valence-electron chi connectivity index (χ3n) is 2.74. The van der Waals surface area contributed by atoms with E-state index in [0.717, 1.165) is 0 Å². The summed E-state index contributed by atoms with van der Waals surface area (Å²) >= 11 is 4.83. The predicted molar refractivity (Wildman–Crippen MR) is 82.3 cm³/mol. The van der Waals surface area contributed by atoms with Gasteiger partial charge >= 0.3 is 0 Å². The molecule has 1 unspecified atom stereocenters. The zero-order valence-corrected chi connectivity index (χ0v) is 12.9. The highest BCUT2D eigenvalue weighted by Crippen LogP contribution is 2.14. The molecular weight excluding hydrogens is 310 g/mol. The Kier molecular flexibility index (Phi) is 4.71. The van der Waals surface area contributed by atoms with Gasteiger partial charge in [-0.1, -0.05) is 12.2 Å². The van der Waals surface area contributed by atoms with Gasteiger partial charge in [0.15, 0.2) is 0 Å². The zero-order valence-electron chi connectivity index (χ0n) is 11.3. The van der Waals surface area contributed by atoms with Crippen molar-refractivity contribution in [2.24, 2.45) is 5.73 Å². The number of aromatic nitrogens is 1. The van der Waals surface area contributed by atoms with Gasteiger partial charge in [0.1, 0.15) is 21.3 Å². The van der Waals surface area contributed by atoms with Crippen molar-refractivity contribution < 1.29 is 12.8 Å². The molecule has 6 nitrogen and oxygen atoms in total. The molecule has 0 fully saturated rings. The average molecular weight is 325 g/mol. The van der Waals surface area contributed by atoms with Crippen LogP contribution >= 0.6 is 12.2 Å². The van der Waals surface area contributed by atoms with Gasteiger partial charge in [-0.05, 0) is 31.2 Å². The first-order valence-electron chi connectivity index (χ1n) is 6.19. The molecule has 0 aliphatic carbocycles. The third-order valence-corrected chi connectivity index (χ3v) is 4.55. The van der Waals surface area contributed by atoms with Crippen LogP contribution in [-0.2, 0) is 16.4 Å². The molecule has 8 heteroatoms. The maximum atomic E-state index is 12.4. The largest absolute Gasteiger partial charge is 0.469 e. The molecule has 1 atom stereocenters. The Labute approximate surface area is 128 Å². The number of nitrogens with one attached hydrogen (secondary N) is 1. The van der Waals surface area contributed by atoms with Crippen molar-refractivity contribution in [1.82, 2.24) is 9.71 Å². The van der Waals surface area contributed by atoms with E-state index in [0.29, 0.717) is 12.2 Å². The van der Waals surface area contributed by atoms with Gasteiger partial charge in [-0.15, -0.1) is 0 Å². The Bertz CT molecular complexity index is 727. The summed E-state index contributed by atoms with van der Waals surface area (Å²) in [5, 5.41) is 0. The molecule has 0 aromatic carbocycles. The van der Waals surface area contributed by atoms with E-state index in [9.17, 15) is 8.42 Å². The summed E-state index contributed by atoms with van der Waals surface area (Å²) in [6, 6.07) is 6.13. The lowest BCUT2D eigenvalue weighted by Crippen LogP contribution is -2.35. The van der Waals surface area contributed by atoms with Crippen LogP contribution in [0, 0.1) is 0 Å². The van der Waals surface area contributed by atoms with Gasteiger partial charge in [-0.3, -0.25) is 4.98 Å². The number of nitrogens with zero attached hydrogens (tertiary/aromatic N) is 1. The van der Waals surface area contributed by atoms with Crippen LogP contribution in [0.25, 0.3) is 0 Å². The van der Waals surface area contributed by atoms with E-state index in [1.54, 1.807) is 25.3 Å². The number of hydrogen-bond donors (Lipinski definition) is 2. The van der Waals surface area contributed by atoms with E-state index >= 15 is 0 Å². The van der Waals surface area contributed by atoms with Crippen LogP contribution in [0.2, 0.25) is 0 Å². The summed E-state index contributed by atoms with van der Waals surface area (Å²) in [6.45, 7) is 1.75. The van der Waals surface area contributed by atoms with E-state index in [4.69, 9.17) is 22.4 Å². The highest BCUT2D eigenvalue weighted by molar-refractivity contribution is 7.89. The second kappa shape index (κ2) is 6.33. The lowest BCUT2D eigenvalue weighted by atomic mass is 10.2. The lowest BCUT2D eigenvalue weighted by Gasteiger charge is -2.14. The van der Waals surface area contributed by atoms with Gasteiger partial charge in [0.05, 0.1) is 6.26 Å². The highest BCUT2D eigenvalue weighted by atomic mass is 32.2. The van der Waals surface area contributed by atoms with Crippen molar-refractivity contribution in [3.8, 4) is 0 Å². The molecule has 2 rings (SSSR count). The monoisotopic (exact) mass is 325 g/mol. The van der Waals surface area contributed by atoms with Crippen LogP contribution < -0.4 is 10.5 Å². The van der Waals surface area contributed by atoms with Crippen molar-refractivity contribution in [3.63, 3.8) is 0 Å². The molecule has 0 amide bonds. The second-order valence-electron chi connectivity index (χ2n) is 4.52. The minimum absolute atomic E-state index is 0.0243. The minimum Gasteiger partial charge on any atom is -0.469 e. The van der Waals surface area contributed by atoms with Crippen molar-refractivity contribution in [1.29, 1.82) is 0 Å². The normalized spacial score (nSPS) is 13.0. The summed E-state index contributed by atoms with van der Waals surface area (Å²) in [7, 11) is -3.76. The number of sulfonamides is 1. The van der Waals surface area contributed by atoms with E-state index in [1.807, 2.05) is 0 Å². The van der Waals surface area contributed by atoms with Crippen molar-refractivity contribution in [2.45, 2.75) is 24.3 Å². The Morgan fingerprint density at radius 1 is 1.48 bits per heavy atom. The molecule has 0 aliphatic heterocycles. The zero-order chi connectivity index (χ0) is 15.5. The molecule has 2 aromatic heterocycles. The maximum absolute atomic E-state index is 12.4. The van der Waals surface area contributed by atoms with Crippen LogP contribution in [0.1, 0.15) is 18.4 Å². The summed E-state index contributed by atoms with van der Waals surface area (Å²) < 4.78 is 32.6. The standard InChI is InChI=1S/C13H15N3O3S2/c1-9(8-10-4-3-7-19-10)16-21(17,18)11-5-2-6-15-12(11)13(14)20/h2-7,9,16H,8H2,1H3,(H2,14,20). The molecule has 21 heavy (non-hydrogen) atoms. The second-order valence-corrected chi connectivity index (χ2v) is 6.64. The molecule has 0 saturated carbocycles. The number of thiocarbonyl (C=S) groups is 1. The van der Waals surface area contributed by atoms with Crippen LogP contribution in [-0.4, -0.2) is 24.4 Å². The fourth-order valence-corrected chi connectivity index (χ4v) is 3.54. The van der Waals surface area contributed by atoms with Gasteiger partial charge in [-0.25, -0.2) is 13.1 Å². The number of pyridine rings is 1. The quantitative estimate of drug-likeness (QED) is 0.775. The molecule has 3 N–H and O–H groups in total. The van der Waals surface area contributed by atoms with Crippen LogP contribution in [0.5, 0.6) is 0 Å². The summed E-state index contributed by atoms with van der Waals surface area (Å²) in [5.41, 5.74) is 5.60. The van der Waals surface area contributed by atoms with E-state index in [2.05, 4.69) is 9.71 Å². The van der Waals surface area contributed by atoms with Crippen LogP contribution in [0.4, 0.5) is 0 Å². The number of nitrogens with two attached hydrogens (primary N) is 1. The number of hydrogen-bond acceptors (Lipinski definition) is 5. The predicted octanol–water partition coefficient (Wildman–Crippen LogP) is 1.22. The van der Waals surface area contributed by atoms with Gasteiger partial charge in [0.25, 0.3) is 0 Å². The Balaban J connectivity index is 2.20. The SMILES string of the molecule is CC(Cc1ccco1)NS(=O)(=O)c1cccnc1C(N)=S. The third kappa shape index (κ3) is 3.87.